The van der Waals surface area contributed by atoms with Crippen LogP contribution in [0, 0.1) is 5.92 Å². The van der Waals surface area contributed by atoms with Crippen molar-refractivity contribution >= 4 is 5.91 Å². The Morgan fingerprint density at radius 2 is 2.00 bits per heavy atom. The molecule has 0 aliphatic carbocycles. The molecule has 0 saturated heterocycles. The normalized spacial score (nSPS) is 11.9. The van der Waals surface area contributed by atoms with Gasteiger partial charge in [0.1, 0.15) is 0 Å². The molecule has 0 unspecified atom stereocenters. The number of carbonyl (C=O) groups is 1. The fourth-order valence-corrected chi connectivity index (χ4v) is 1.07. The van der Waals surface area contributed by atoms with Crippen LogP contribution < -0.4 is 10.6 Å². The summed E-state index contributed by atoms with van der Waals surface area (Å²) in [7, 11) is 0. The fourth-order valence-electron chi connectivity index (χ4n) is 1.07. The highest BCUT2D eigenvalue weighted by atomic mass is 16.3. The minimum atomic E-state index is -0.191. The highest BCUT2D eigenvalue weighted by Crippen LogP contribution is 2.05. The average molecular weight is 216 g/mol. The minimum absolute atomic E-state index is 0.00900. The van der Waals surface area contributed by atoms with Crippen LogP contribution in [0.15, 0.2) is 0 Å². The van der Waals surface area contributed by atoms with E-state index in [0.717, 1.165) is 0 Å². The molecule has 0 rings (SSSR count). The predicted octanol–water partition coefficient (Wildman–Crippen LogP) is 0.509. The molecule has 0 spiro atoms. The SMILES string of the molecule is CC(C)CNC(=O)CNC(C)(C)CCO. The van der Waals surface area contributed by atoms with E-state index in [1.807, 2.05) is 13.8 Å². The van der Waals surface area contributed by atoms with Crippen LogP contribution in [-0.2, 0) is 4.79 Å². The van der Waals surface area contributed by atoms with Gasteiger partial charge in [0.05, 0.1) is 6.54 Å². The minimum Gasteiger partial charge on any atom is -0.396 e. The number of nitrogens with one attached hydrogen (secondary N) is 2. The standard InChI is InChI=1S/C11H24N2O2/c1-9(2)7-12-10(15)8-13-11(3,4)5-6-14/h9,13-14H,5-8H2,1-4H3,(H,12,15). The molecule has 0 heterocycles. The lowest BCUT2D eigenvalue weighted by molar-refractivity contribution is -0.120. The quantitative estimate of drug-likeness (QED) is 0.581. The van der Waals surface area contributed by atoms with Gasteiger partial charge >= 0.3 is 0 Å². The van der Waals surface area contributed by atoms with Gasteiger partial charge in [0.2, 0.25) is 5.91 Å². The molecule has 4 nitrogen and oxygen atoms in total. The highest BCUT2D eigenvalue weighted by Gasteiger charge is 2.17. The summed E-state index contributed by atoms with van der Waals surface area (Å²) >= 11 is 0. The monoisotopic (exact) mass is 216 g/mol. The maximum Gasteiger partial charge on any atom is 0.233 e. The van der Waals surface area contributed by atoms with Crippen LogP contribution in [0.1, 0.15) is 34.1 Å². The van der Waals surface area contributed by atoms with E-state index in [2.05, 4.69) is 24.5 Å². The van der Waals surface area contributed by atoms with Crippen molar-refractivity contribution in [3.8, 4) is 0 Å². The van der Waals surface area contributed by atoms with E-state index in [4.69, 9.17) is 5.11 Å². The zero-order valence-electron chi connectivity index (χ0n) is 10.3. The molecule has 0 aliphatic heterocycles. The van der Waals surface area contributed by atoms with Crippen molar-refractivity contribution in [2.75, 3.05) is 19.7 Å². The Morgan fingerprint density at radius 3 is 2.47 bits per heavy atom. The summed E-state index contributed by atoms with van der Waals surface area (Å²) in [5, 5.41) is 14.7. The van der Waals surface area contributed by atoms with Crippen LogP contribution in [0.2, 0.25) is 0 Å². The zero-order chi connectivity index (χ0) is 11.9. The molecule has 0 aromatic rings. The predicted molar refractivity (Wildman–Crippen MR) is 61.6 cm³/mol. The van der Waals surface area contributed by atoms with Crippen molar-refractivity contribution in [1.82, 2.24) is 10.6 Å². The molecule has 0 aromatic heterocycles. The molecule has 0 aliphatic rings. The van der Waals surface area contributed by atoms with Crippen LogP contribution >= 0.6 is 0 Å². The third-order valence-electron chi connectivity index (χ3n) is 2.17. The van der Waals surface area contributed by atoms with Crippen molar-refractivity contribution in [3.05, 3.63) is 0 Å². The number of hydrogen-bond donors (Lipinski definition) is 3. The van der Waals surface area contributed by atoms with Crippen molar-refractivity contribution < 1.29 is 9.90 Å². The molecule has 1 amide bonds. The van der Waals surface area contributed by atoms with Gasteiger partial charge in [0.15, 0.2) is 0 Å². The van der Waals surface area contributed by atoms with E-state index < -0.39 is 0 Å². The zero-order valence-corrected chi connectivity index (χ0v) is 10.3. The Kier molecular flexibility index (Phi) is 6.52. The van der Waals surface area contributed by atoms with Crippen LogP contribution in [0.3, 0.4) is 0 Å². The molecule has 0 aromatic carbocycles. The smallest absolute Gasteiger partial charge is 0.233 e. The summed E-state index contributed by atoms with van der Waals surface area (Å²) in [6, 6.07) is 0. The highest BCUT2D eigenvalue weighted by molar-refractivity contribution is 5.78. The number of amides is 1. The number of carbonyl (C=O) groups excluding carboxylic acids is 1. The molecule has 3 N–H and O–H groups in total. The fraction of sp³-hybridized carbons (Fsp3) is 0.909. The van der Waals surface area contributed by atoms with Gasteiger partial charge in [-0.25, -0.2) is 0 Å². The summed E-state index contributed by atoms with van der Waals surface area (Å²) in [4.78, 5) is 11.4. The Labute approximate surface area is 92.4 Å². The second kappa shape index (κ2) is 6.80. The summed E-state index contributed by atoms with van der Waals surface area (Å²) in [5.74, 6) is 0.481. The first-order valence-electron chi connectivity index (χ1n) is 5.50. The van der Waals surface area contributed by atoms with Gasteiger partial charge in [-0.05, 0) is 26.2 Å². The molecule has 0 atom stereocenters. The molecule has 4 heteroatoms. The van der Waals surface area contributed by atoms with Crippen LogP contribution in [0.5, 0.6) is 0 Å². The van der Waals surface area contributed by atoms with E-state index in [9.17, 15) is 4.79 Å². The first-order chi connectivity index (χ1) is 6.87. The van der Waals surface area contributed by atoms with E-state index in [-0.39, 0.29) is 18.1 Å². The van der Waals surface area contributed by atoms with Gasteiger partial charge in [-0.3, -0.25) is 4.79 Å². The second-order valence-corrected chi connectivity index (χ2v) is 4.91. The molecular weight excluding hydrogens is 192 g/mol. The Bertz CT molecular complexity index is 191. The van der Waals surface area contributed by atoms with Crippen molar-refractivity contribution in [2.24, 2.45) is 5.92 Å². The number of hydrogen-bond acceptors (Lipinski definition) is 3. The molecule has 0 fully saturated rings. The van der Waals surface area contributed by atoms with Gasteiger partial charge in [0.25, 0.3) is 0 Å². The second-order valence-electron chi connectivity index (χ2n) is 4.91. The first-order valence-corrected chi connectivity index (χ1v) is 5.50. The first kappa shape index (κ1) is 14.4. The lowest BCUT2D eigenvalue weighted by Crippen LogP contribution is -2.46. The van der Waals surface area contributed by atoms with Crippen molar-refractivity contribution in [1.29, 1.82) is 0 Å². The van der Waals surface area contributed by atoms with Gasteiger partial charge in [-0.1, -0.05) is 13.8 Å². The summed E-state index contributed by atoms with van der Waals surface area (Å²) in [5.41, 5.74) is -0.191. The van der Waals surface area contributed by atoms with E-state index in [1.54, 1.807) is 0 Å². The third-order valence-corrected chi connectivity index (χ3v) is 2.17. The van der Waals surface area contributed by atoms with Crippen LogP contribution in [0.25, 0.3) is 0 Å². The van der Waals surface area contributed by atoms with Gasteiger partial charge < -0.3 is 15.7 Å². The Morgan fingerprint density at radius 1 is 1.40 bits per heavy atom. The Balaban J connectivity index is 3.70. The molecule has 0 saturated carbocycles. The van der Waals surface area contributed by atoms with E-state index in [0.29, 0.717) is 25.4 Å². The summed E-state index contributed by atoms with van der Waals surface area (Å²) in [6.45, 7) is 9.21. The van der Waals surface area contributed by atoms with Gasteiger partial charge in [-0.15, -0.1) is 0 Å². The van der Waals surface area contributed by atoms with Crippen LogP contribution in [0.4, 0.5) is 0 Å². The Hall–Kier alpha value is -0.610. The lowest BCUT2D eigenvalue weighted by atomic mass is 10.0. The van der Waals surface area contributed by atoms with E-state index >= 15 is 0 Å². The van der Waals surface area contributed by atoms with Gasteiger partial charge in [0, 0.05) is 18.7 Å². The molecular formula is C11H24N2O2. The third kappa shape index (κ3) is 8.39. The maximum atomic E-state index is 11.4. The number of aliphatic hydroxyl groups excluding tert-OH is 1. The lowest BCUT2D eigenvalue weighted by Gasteiger charge is -2.25. The van der Waals surface area contributed by atoms with Crippen molar-refractivity contribution in [3.63, 3.8) is 0 Å². The molecule has 15 heavy (non-hydrogen) atoms. The molecule has 0 radical (unpaired) electrons. The number of rotatable bonds is 7. The summed E-state index contributed by atoms with van der Waals surface area (Å²) in [6.07, 6.45) is 0.643. The average Bonchev–Trinajstić information content (AvgIpc) is 2.11. The van der Waals surface area contributed by atoms with E-state index in [1.165, 1.54) is 0 Å². The topological polar surface area (TPSA) is 61.4 Å². The molecule has 0 bridgehead atoms. The van der Waals surface area contributed by atoms with Gasteiger partial charge in [-0.2, -0.15) is 0 Å². The summed E-state index contributed by atoms with van der Waals surface area (Å²) < 4.78 is 0. The molecule has 90 valence electrons. The van der Waals surface area contributed by atoms with Crippen LogP contribution in [-0.4, -0.2) is 36.2 Å². The number of aliphatic hydroxyl groups is 1. The van der Waals surface area contributed by atoms with Crippen molar-refractivity contribution in [2.45, 2.75) is 39.7 Å². The maximum absolute atomic E-state index is 11.4. The largest absolute Gasteiger partial charge is 0.396 e.